The Bertz CT molecular complexity index is 1210. The van der Waals surface area contributed by atoms with Crippen molar-refractivity contribution < 1.29 is 26.8 Å². The lowest BCUT2D eigenvalue weighted by Gasteiger charge is -2.33. The second-order valence-electron chi connectivity index (χ2n) is 7.30. The van der Waals surface area contributed by atoms with Gasteiger partial charge in [0.1, 0.15) is 17.1 Å². The summed E-state index contributed by atoms with van der Waals surface area (Å²) in [6.07, 6.45) is 0. The average Bonchev–Trinajstić information content (AvgIpc) is 3.10. The summed E-state index contributed by atoms with van der Waals surface area (Å²) in [6.45, 7) is 4.90. The van der Waals surface area contributed by atoms with Crippen molar-refractivity contribution in [3.05, 3.63) is 59.6 Å². The summed E-state index contributed by atoms with van der Waals surface area (Å²) >= 11 is 0. The molecule has 1 fully saturated rings. The van der Waals surface area contributed by atoms with Crippen molar-refractivity contribution in [3.8, 4) is 5.75 Å². The fourth-order valence-corrected chi connectivity index (χ4v) is 5.12. The van der Waals surface area contributed by atoms with Crippen molar-refractivity contribution in [1.29, 1.82) is 0 Å². The zero-order valence-corrected chi connectivity index (χ0v) is 18.1. The normalized spacial score (nSPS) is 15.4. The Morgan fingerprint density at radius 2 is 1.77 bits per heavy atom. The Morgan fingerprint density at radius 1 is 1.10 bits per heavy atom. The number of sulfonamides is 1. The number of nitrogens with zero attached hydrogens (tertiary/aromatic N) is 2. The molecule has 0 bridgehead atoms. The number of benzene rings is 2. The van der Waals surface area contributed by atoms with Crippen molar-refractivity contribution in [1.82, 2.24) is 9.21 Å². The summed E-state index contributed by atoms with van der Waals surface area (Å²) in [5, 5.41) is 0.556. The lowest BCUT2D eigenvalue weighted by Crippen LogP contribution is -2.50. The van der Waals surface area contributed by atoms with E-state index >= 15 is 0 Å². The Hall–Kier alpha value is -2.91. The molecule has 2 heterocycles. The molecule has 1 aromatic heterocycles. The average molecular weight is 447 g/mol. The van der Waals surface area contributed by atoms with Gasteiger partial charge in [-0.2, -0.15) is 4.31 Å². The number of aryl methyl sites for hydroxylation is 1. The molecule has 3 aromatic rings. The van der Waals surface area contributed by atoms with Crippen molar-refractivity contribution in [2.24, 2.45) is 0 Å². The van der Waals surface area contributed by atoms with Gasteiger partial charge in [-0.05, 0) is 56.3 Å². The first-order chi connectivity index (χ1) is 14.8. The van der Waals surface area contributed by atoms with Crippen LogP contribution in [0.25, 0.3) is 11.0 Å². The second kappa shape index (κ2) is 8.32. The molecule has 0 unspecified atom stereocenters. The van der Waals surface area contributed by atoms with Gasteiger partial charge < -0.3 is 14.1 Å². The molecule has 0 N–H and O–H groups in total. The standard InChI is InChI=1S/C22H23FN2O5S/c1-3-29-17-5-7-18(8-6-17)31(27,28)25-12-10-24(11-13-25)22(26)21-15(2)19-14-16(23)4-9-20(19)30-21/h4-9,14H,3,10-13H2,1-2H3. The Kier molecular flexibility index (Phi) is 5.72. The summed E-state index contributed by atoms with van der Waals surface area (Å²) in [5.74, 6) is 0.0390. The molecule has 4 rings (SSSR count). The van der Waals surface area contributed by atoms with Crippen LogP contribution in [-0.2, 0) is 10.0 Å². The van der Waals surface area contributed by atoms with Gasteiger partial charge in [-0.15, -0.1) is 0 Å². The highest BCUT2D eigenvalue weighted by atomic mass is 32.2. The molecule has 9 heteroatoms. The number of ether oxygens (including phenoxy) is 1. The van der Waals surface area contributed by atoms with Crippen LogP contribution in [-0.4, -0.2) is 56.3 Å². The van der Waals surface area contributed by atoms with E-state index in [1.807, 2.05) is 6.92 Å². The third-order valence-electron chi connectivity index (χ3n) is 5.39. The number of carbonyl (C=O) groups excluding carboxylic acids is 1. The van der Waals surface area contributed by atoms with Crippen LogP contribution in [0.3, 0.4) is 0 Å². The molecule has 0 atom stereocenters. The summed E-state index contributed by atoms with van der Waals surface area (Å²) in [6, 6.07) is 10.4. The Balaban J connectivity index is 1.47. The fourth-order valence-electron chi connectivity index (χ4n) is 3.70. The van der Waals surface area contributed by atoms with Gasteiger partial charge in [0.05, 0.1) is 11.5 Å². The summed E-state index contributed by atoms with van der Waals surface area (Å²) in [7, 11) is -3.67. The number of fused-ring (bicyclic) bond motifs is 1. The molecule has 1 amide bonds. The van der Waals surface area contributed by atoms with Gasteiger partial charge >= 0.3 is 0 Å². The number of hydrogen-bond acceptors (Lipinski definition) is 5. The van der Waals surface area contributed by atoms with Crippen LogP contribution >= 0.6 is 0 Å². The van der Waals surface area contributed by atoms with E-state index in [2.05, 4.69) is 0 Å². The second-order valence-corrected chi connectivity index (χ2v) is 9.24. The molecule has 31 heavy (non-hydrogen) atoms. The minimum atomic E-state index is -3.67. The van der Waals surface area contributed by atoms with Crippen LogP contribution in [0.4, 0.5) is 4.39 Å². The van der Waals surface area contributed by atoms with E-state index in [0.29, 0.717) is 28.9 Å². The van der Waals surface area contributed by atoms with Crippen LogP contribution in [0, 0.1) is 12.7 Å². The monoisotopic (exact) mass is 446 g/mol. The van der Waals surface area contributed by atoms with Crippen molar-refractivity contribution in [2.45, 2.75) is 18.7 Å². The number of carbonyl (C=O) groups is 1. The summed E-state index contributed by atoms with van der Waals surface area (Å²) in [5.41, 5.74) is 1.02. The van der Waals surface area contributed by atoms with Crippen LogP contribution in [0.5, 0.6) is 5.75 Å². The van der Waals surface area contributed by atoms with Crippen LogP contribution in [0.15, 0.2) is 51.8 Å². The van der Waals surface area contributed by atoms with E-state index in [4.69, 9.17) is 9.15 Å². The molecule has 7 nitrogen and oxygen atoms in total. The van der Waals surface area contributed by atoms with Gasteiger partial charge in [-0.3, -0.25) is 4.79 Å². The summed E-state index contributed by atoms with van der Waals surface area (Å²) < 4.78 is 51.8. The van der Waals surface area contributed by atoms with E-state index in [1.165, 1.54) is 34.6 Å². The first-order valence-corrected chi connectivity index (χ1v) is 11.5. The van der Waals surface area contributed by atoms with Gasteiger partial charge in [0.15, 0.2) is 5.76 Å². The first kappa shape index (κ1) is 21.3. The van der Waals surface area contributed by atoms with Gasteiger partial charge in [0.25, 0.3) is 5.91 Å². The maximum atomic E-state index is 13.5. The maximum Gasteiger partial charge on any atom is 0.289 e. The number of amides is 1. The van der Waals surface area contributed by atoms with E-state index in [-0.39, 0.29) is 42.7 Å². The van der Waals surface area contributed by atoms with Crippen LogP contribution in [0.1, 0.15) is 23.0 Å². The smallest absolute Gasteiger partial charge is 0.289 e. The molecule has 1 aliphatic rings. The molecular formula is C22H23FN2O5S. The minimum absolute atomic E-state index is 0.156. The maximum absolute atomic E-state index is 13.5. The Morgan fingerprint density at radius 3 is 2.42 bits per heavy atom. The number of halogens is 1. The third-order valence-corrected chi connectivity index (χ3v) is 7.30. The van der Waals surface area contributed by atoms with Crippen LogP contribution in [0.2, 0.25) is 0 Å². The predicted molar refractivity (Wildman–Crippen MR) is 113 cm³/mol. The SMILES string of the molecule is CCOc1ccc(S(=O)(=O)N2CCN(C(=O)c3oc4ccc(F)cc4c3C)CC2)cc1. The topological polar surface area (TPSA) is 80.1 Å². The van der Waals surface area contributed by atoms with Crippen molar-refractivity contribution in [2.75, 3.05) is 32.8 Å². The molecule has 2 aromatic carbocycles. The number of piperazine rings is 1. The van der Waals surface area contributed by atoms with Gasteiger partial charge in [0.2, 0.25) is 10.0 Å². The highest BCUT2D eigenvalue weighted by Gasteiger charge is 2.32. The quantitative estimate of drug-likeness (QED) is 0.600. The van der Waals surface area contributed by atoms with Crippen LogP contribution < -0.4 is 4.74 Å². The van der Waals surface area contributed by atoms with E-state index in [0.717, 1.165) is 0 Å². The lowest BCUT2D eigenvalue weighted by molar-refractivity contribution is 0.0667. The zero-order valence-electron chi connectivity index (χ0n) is 17.3. The largest absolute Gasteiger partial charge is 0.494 e. The third kappa shape index (κ3) is 4.03. The number of rotatable bonds is 5. The van der Waals surface area contributed by atoms with Crippen molar-refractivity contribution >= 4 is 26.9 Å². The predicted octanol–water partition coefficient (Wildman–Crippen LogP) is 3.43. The molecule has 0 aliphatic carbocycles. The minimum Gasteiger partial charge on any atom is -0.494 e. The van der Waals surface area contributed by atoms with E-state index < -0.39 is 15.8 Å². The highest BCUT2D eigenvalue weighted by Crippen LogP contribution is 2.28. The molecular weight excluding hydrogens is 423 g/mol. The molecule has 164 valence electrons. The number of hydrogen-bond donors (Lipinski definition) is 0. The molecule has 0 saturated carbocycles. The van der Waals surface area contributed by atoms with Gasteiger partial charge in [0, 0.05) is 37.1 Å². The van der Waals surface area contributed by atoms with E-state index in [1.54, 1.807) is 24.0 Å². The van der Waals surface area contributed by atoms with E-state index in [9.17, 15) is 17.6 Å². The highest BCUT2D eigenvalue weighted by molar-refractivity contribution is 7.89. The number of furan rings is 1. The zero-order chi connectivity index (χ0) is 22.2. The first-order valence-electron chi connectivity index (χ1n) is 10.0. The fraction of sp³-hybridized carbons (Fsp3) is 0.318. The van der Waals surface area contributed by atoms with Gasteiger partial charge in [-0.25, -0.2) is 12.8 Å². The molecule has 0 spiro atoms. The molecule has 0 radical (unpaired) electrons. The molecule has 1 saturated heterocycles. The Labute approximate surface area is 180 Å². The lowest BCUT2D eigenvalue weighted by atomic mass is 10.1. The van der Waals surface area contributed by atoms with Gasteiger partial charge in [-0.1, -0.05) is 0 Å². The van der Waals surface area contributed by atoms with Crippen molar-refractivity contribution in [3.63, 3.8) is 0 Å². The molecule has 1 aliphatic heterocycles. The summed E-state index contributed by atoms with van der Waals surface area (Å²) in [4.78, 5) is 14.7.